The second-order valence-electron chi connectivity index (χ2n) is 12.6. The Labute approximate surface area is 214 Å². The van der Waals surface area contributed by atoms with Gasteiger partial charge in [0, 0.05) is 54.6 Å². The lowest BCUT2D eigenvalue weighted by molar-refractivity contribution is -0.563. The monoisotopic (exact) mass is 492 g/mol. The van der Waals surface area contributed by atoms with Crippen LogP contribution in [0, 0.1) is 10.1 Å². The molecule has 4 atom stereocenters. The molecule has 2 N–H and O–H groups in total. The van der Waals surface area contributed by atoms with E-state index in [1.54, 1.807) is 20.0 Å². The van der Waals surface area contributed by atoms with Crippen LogP contribution in [0.5, 0.6) is 0 Å². The zero-order valence-corrected chi connectivity index (χ0v) is 22.4. The minimum Gasteiger partial charge on any atom is -0.335 e. The average molecular weight is 493 g/mol. The maximum atomic E-state index is 12.9. The Morgan fingerprint density at radius 2 is 1.83 bits per heavy atom. The molecule has 4 rings (SSSR count). The van der Waals surface area contributed by atoms with Crippen LogP contribution in [0.4, 0.5) is 4.79 Å². The van der Waals surface area contributed by atoms with E-state index in [1.165, 1.54) is 11.1 Å². The Balaban J connectivity index is 1.35. The molecule has 194 valence electrons. The SMILES string of the molecule is CC(C)(CC(C)(C)[N+](=O)[O-])c1ccc(C2(C)CC2(C)NC(=O)NC2CCC(c3cccnc3)C2)cc1. The second kappa shape index (κ2) is 9.16. The molecule has 1 heterocycles. The van der Waals surface area contributed by atoms with Crippen molar-refractivity contribution < 1.29 is 9.72 Å². The smallest absolute Gasteiger partial charge is 0.315 e. The zero-order chi connectivity index (χ0) is 26.4. The highest BCUT2D eigenvalue weighted by Crippen LogP contribution is 2.57. The first-order valence-electron chi connectivity index (χ1n) is 13.0. The van der Waals surface area contributed by atoms with E-state index in [0.29, 0.717) is 12.3 Å². The molecule has 7 heteroatoms. The van der Waals surface area contributed by atoms with E-state index < -0.39 is 5.54 Å². The summed E-state index contributed by atoms with van der Waals surface area (Å²) in [5, 5.41) is 17.9. The van der Waals surface area contributed by atoms with Gasteiger partial charge in [0.05, 0.1) is 0 Å². The van der Waals surface area contributed by atoms with Gasteiger partial charge in [-0.15, -0.1) is 0 Å². The van der Waals surface area contributed by atoms with Crippen LogP contribution in [0.15, 0.2) is 48.8 Å². The number of amides is 2. The number of pyridine rings is 1. The Morgan fingerprint density at radius 1 is 1.14 bits per heavy atom. The van der Waals surface area contributed by atoms with Gasteiger partial charge < -0.3 is 10.6 Å². The van der Waals surface area contributed by atoms with Crippen molar-refractivity contribution in [3.05, 3.63) is 75.6 Å². The van der Waals surface area contributed by atoms with Gasteiger partial charge in [0.15, 0.2) is 0 Å². The van der Waals surface area contributed by atoms with Gasteiger partial charge in [-0.25, -0.2) is 4.79 Å². The molecule has 36 heavy (non-hydrogen) atoms. The van der Waals surface area contributed by atoms with Crippen LogP contribution in [0.3, 0.4) is 0 Å². The second-order valence-corrected chi connectivity index (χ2v) is 12.6. The number of nitrogens with one attached hydrogen (secondary N) is 2. The third-order valence-corrected chi connectivity index (χ3v) is 8.79. The van der Waals surface area contributed by atoms with Crippen molar-refractivity contribution in [2.45, 2.75) is 108 Å². The molecule has 2 saturated carbocycles. The van der Waals surface area contributed by atoms with Crippen molar-refractivity contribution in [3.63, 3.8) is 0 Å². The summed E-state index contributed by atoms with van der Waals surface area (Å²) in [4.78, 5) is 28.4. The minimum absolute atomic E-state index is 0.0992. The normalized spacial score (nSPS) is 27.9. The first kappa shape index (κ1) is 26.1. The fraction of sp³-hybridized carbons (Fsp3) is 0.586. The minimum atomic E-state index is -0.988. The van der Waals surface area contributed by atoms with Crippen LogP contribution < -0.4 is 10.6 Å². The summed E-state index contributed by atoms with van der Waals surface area (Å²) in [6.45, 7) is 11.8. The van der Waals surface area contributed by atoms with E-state index >= 15 is 0 Å². The van der Waals surface area contributed by atoms with Crippen LogP contribution in [0.2, 0.25) is 0 Å². The van der Waals surface area contributed by atoms with E-state index in [2.05, 4.69) is 73.6 Å². The van der Waals surface area contributed by atoms with Gasteiger partial charge in [-0.2, -0.15) is 0 Å². The highest BCUT2D eigenvalue weighted by Gasteiger charge is 2.63. The number of nitro groups is 1. The lowest BCUT2D eigenvalue weighted by atomic mass is 9.75. The summed E-state index contributed by atoms with van der Waals surface area (Å²) in [7, 11) is 0. The third kappa shape index (κ3) is 5.11. The molecule has 2 amide bonds. The largest absolute Gasteiger partial charge is 0.335 e. The number of hydrogen-bond donors (Lipinski definition) is 2. The van der Waals surface area contributed by atoms with Crippen molar-refractivity contribution in [1.82, 2.24) is 15.6 Å². The van der Waals surface area contributed by atoms with E-state index in [1.807, 2.05) is 12.3 Å². The molecule has 7 nitrogen and oxygen atoms in total. The van der Waals surface area contributed by atoms with E-state index in [4.69, 9.17) is 0 Å². The maximum Gasteiger partial charge on any atom is 0.315 e. The molecular formula is C29H40N4O3. The van der Waals surface area contributed by atoms with E-state index in [9.17, 15) is 14.9 Å². The number of urea groups is 1. The van der Waals surface area contributed by atoms with Crippen molar-refractivity contribution in [2.24, 2.45) is 0 Å². The highest BCUT2D eigenvalue weighted by molar-refractivity contribution is 5.76. The molecular weight excluding hydrogens is 452 g/mol. The Morgan fingerprint density at radius 3 is 2.44 bits per heavy atom. The van der Waals surface area contributed by atoms with Gasteiger partial charge in [0.2, 0.25) is 5.54 Å². The molecule has 0 radical (unpaired) electrons. The van der Waals surface area contributed by atoms with E-state index in [0.717, 1.165) is 31.2 Å². The molecule has 0 saturated heterocycles. The number of benzene rings is 1. The molecule has 0 bridgehead atoms. The highest BCUT2D eigenvalue weighted by atomic mass is 16.6. The van der Waals surface area contributed by atoms with Crippen molar-refractivity contribution >= 4 is 6.03 Å². The van der Waals surface area contributed by atoms with Gasteiger partial charge >= 0.3 is 6.03 Å². The summed E-state index contributed by atoms with van der Waals surface area (Å²) in [5.41, 5.74) is 1.73. The standard InChI is InChI=1S/C29H40N4O3/c1-26(2,18-27(3,4)33(35)36)22-10-12-23(13-11-22)28(5)19-29(28,6)32-25(34)31-24-14-9-20(16-24)21-8-7-15-30-17-21/h7-8,10-13,15,17,20,24H,9,14,16,18-19H2,1-6H3,(H2,31,32,34). The lowest BCUT2D eigenvalue weighted by Gasteiger charge is -2.30. The Hall–Kier alpha value is -2.96. The number of rotatable bonds is 8. The maximum absolute atomic E-state index is 12.9. The summed E-state index contributed by atoms with van der Waals surface area (Å²) >= 11 is 0. The van der Waals surface area contributed by atoms with Crippen LogP contribution >= 0.6 is 0 Å². The average Bonchev–Trinajstić information content (AvgIpc) is 3.12. The number of hydrogen-bond acceptors (Lipinski definition) is 4. The van der Waals surface area contributed by atoms with Crippen LogP contribution in [0.25, 0.3) is 0 Å². The Kier molecular flexibility index (Phi) is 6.65. The molecule has 1 aromatic heterocycles. The third-order valence-electron chi connectivity index (χ3n) is 8.79. The number of carbonyl (C=O) groups excluding carboxylic acids is 1. The number of carbonyl (C=O) groups is 1. The summed E-state index contributed by atoms with van der Waals surface area (Å²) in [6, 6.07) is 12.6. The fourth-order valence-electron chi connectivity index (χ4n) is 6.31. The number of aromatic nitrogens is 1. The first-order chi connectivity index (χ1) is 16.8. The molecule has 1 aromatic carbocycles. The topological polar surface area (TPSA) is 97.2 Å². The summed E-state index contributed by atoms with van der Waals surface area (Å²) in [6.07, 6.45) is 8.02. The summed E-state index contributed by atoms with van der Waals surface area (Å²) in [5.74, 6) is 0.449. The lowest BCUT2D eigenvalue weighted by Crippen LogP contribution is -2.48. The van der Waals surface area contributed by atoms with Crippen LogP contribution in [-0.2, 0) is 10.8 Å². The Bertz CT molecular complexity index is 1120. The van der Waals surface area contributed by atoms with Gasteiger partial charge in [-0.3, -0.25) is 15.1 Å². The van der Waals surface area contributed by atoms with Crippen molar-refractivity contribution in [1.29, 1.82) is 0 Å². The molecule has 0 spiro atoms. The zero-order valence-electron chi connectivity index (χ0n) is 22.4. The molecule has 2 aliphatic rings. The van der Waals surface area contributed by atoms with Crippen LogP contribution in [0.1, 0.15) is 96.3 Å². The van der Waals surface area contributed by atoms with Crippen molar-refractivity contribution in [2.75, 3.05) is 0 Å². The summed E-state index contributed by atoms with van der Waals surface area (Å²) < 4.78 is 0. The fourth-order valence-corrected chi connectivity index (χ4v) is 6.31. The van der Waals surface area contributed by atoms with Gasteiger partial charge in [-0.1, -0.05) is 51.1 Å². The van der Waals surface area contributed by atoms with Gasteiger partial charge in [-0.05, 0) is 66.7 Å². The molecule has 4 unspecified atom stereocenters. The van der Waals surface area contributed by atoms with Gasteiger partial charge in [0.1, 0.15) is 0 Å². The van der Waals surface area contributed by atoms with E-state index in [-0.39, 0.29) is 33.4 Å². The van der Waals surface area contributed by atoms with Crippen molar-refractivity contribution in [3.8, 4) is 0 Å². The molecule has 0 aliphatic heterocycles. The quantitative estimate of drug-likeness (QED) is 0.356. The first-order valence-corrected chi connectivity index (χ1v) is 13.0. The number of nitrogens with zero attached hydrogens (tertiary/aromatic N) is 2. The molecule has 2 aliphatic carbocycles. The van der Waals surface area contributed by atoms with Crippen LogP contribution in [-0.4, -0.2) is 33.1 Å². The predicted molar refractivity (Wildman–Crippen MR) is 142 cm³/mol. The predicted octanol–water partition coefficient (Wildman–Crippen LogP) is 5.86. The molecule has 2 aromatic rings. The van der Waals surface area contributed by atoms with Gasteiger partial charge in [0.25, 0.3) is 0 Å². The molecule has 2 fully saturated rings.